The van der Waals surface area contributed by atoms with Crippen molar-refractivity contribution in [2.75, 3.05) is 0 Å². The van der Waals surface area contributed by atoms with Crippen molar-refractivity contribution in [3.8, 4) is 10.6 Å². The van der Waals surface area contributed by atoms with Crippen LogP contribution in [0.3, 0.4) is 0 Å². The van der Waals surface area contributed by atoms with Gasteiger partial charge in [0, 0.05) is 17.0 Å². The Morgan fingerprint density at radius 2 is 1.90 bits per heavy atom. The first-order valence-corrected chi connectivity index (χ1v) is 7.41. The molecule has 0 aliphatic rings. The Morgan fingerprint density at radius 1 is 1.24 bits per heavy atom. The van der Waals surface area contributed by atoms with E-state index in [1.54, 1.807) is 19.2 Å². The molecule has 1 heterocycles. The van der Waals surface area contributed by atoms with Gasteiger partial charge in [-0.2, -0.15) is 0 Å². The molecule has 0 saturated carbocycles. The van der Waals surface area contributed by atoms with Crippen LogP contribution in [0.25, 0.3) is 10.6 Å². The smallest absolute Gasteiger partial charge is 0.308 e. The van der Waals surface area contributed by atoms with Crippen LogP contribution in [0.1, 0.15) is 24.3 Å². The molecule has 0 aliphatic carbocycles. The molecule has 1 amide bonds. The van der Waals surface area contributed by atoms with E-state index >= 15 is 0 Å². The fourth-order valence-corrected chi connectivity index (χ4v) is 2.52. The summed E-state index contributed by atoms with van der Waals surface area (Å²) in [5.41, 5.74) is 1.26. The van der Waals surface area contributed by atoms with E-state index in [1.807, 2.05) is 30.3 Å². The van der Waals surface area contributed by atoms with Crippen molar-refractivity contribution in [2.45, 2.75) is 19.9 Å². The van der Waals surface area contributed by atoms with Crippen LogP contribution in [-0.2, 0) is 4.79 Å². The van der Waals surface area contributed by atoms with Gasteiger partial charge in [-0.1, -0.05) is 30.3 Å². The van der Waals surface area contributed by atoms with Crippen molar-refractivity contribution >= 4 is 23.2 Å². The Morgan fingerprint density at radius 3 is 2.52 bits per heavy atom. The monoisotopic (exact) mass is 304 g/mol. The van der Waals surface area contributed by atoms with E-state index in [9.17, 15) is 9.59 Å². The van der Waals surface area contributed by atoms with Crippen LogP contribution in [0, 0.1) is 5.92 Å². The lowest BCUT2D eigenvalue weighted by atomic mass is 10.0. The van der Waals surface area contributed by atoms with Gasteiger partial charge >= 0.3 is 5.97 Å². The molecule has 2 unspecified atom stereocenters. The molecule has 0 bridgehead atoms. The maximum atomic E-state index is 12.1. The van der Waals surface area contributed by atoms with Gasteiger partial charge in [-0.05, 0) is 13.8 Å². The summed E-state index contributed by atoms with van der Waals surface area (Å²) in [7, 11) is 0. The predicted molar refractivity (Wildman–Crippen MR) is 81.3 cm³/mol. The van der Waals surface area contributed by atoms with E-state index in [-0.39, 0.29) is 5.91 Å². The zero-order valence-electron chi connectivity index (χ0n) is 11.7. The SMILES string of the molecule is CC(NC(=O)c1csc(-c2ccccc2)n1)C(C)C(=O)O. The number of benzene rings is 1. The number of aromatic nitrogens is 1. The number of amides is 1. The lowest BCUT2D eigenvalue weighted by Crippen LogP contribution is -2.40. The average Bonchev–Trinajstić information content (AvgIpc) is 2.97. The van der Waals surface area contributed by atoms with Gasteiger partial charge in [-0.3, -0.25) is 9.59 Å². The molecule has 0 aliphatic heterocycles. The van der Waals surface area contributed by atoms with Crippen molar-refractivity contribution in [1.29, 1.82) is 0 Å². The molecule has 0 radical (unpaired) electrons. The first-order chi connectivity index (χ1) is 9.99. The highest BCUT2D eigenvalue weighted by Crippen LogP contribution is 2.23. The first-order valence-electron chi connectivity index (χ1n) is 6.53. The van der Waals surface area contributed by atoms with Gasteiger partial charge in [0.1, 0.15) is 10.7 Å². The fraction of sp³-hybridized carbons (Fsp3) is 0.267. The summed E-state index contributed by atoms with van der Waals surface area (Å²) in [5.74, 6) is -1.94. The van der Waals surface area contributed by atoms with E-state index in [4.69, 9.17) is 5.11 Å². The minimum atomic E-state index is -0.939. The predicted octanol–water partition coefficient (Wildman–Crippen LogP) is 2.65. The summed E-state index contributed by atoms with van der Waals surface area (Å²) in [6, 6.07) is 9.13. The lowest BCUT2D eigenvalue weighted by molar-refractivity contribution is -0.141. The van der Waals surface area contributed by atoms with Crippen LogP contribution in [0.2, 0.25) is 0 Å². The highest BCUT2D eigenvalue weighted by atomic mass is 32.1. The second-order valence-corrected chi connectivity index (χ2v) is 5.65. The number of hydrogen-bond acceptors (Lipinski definition) is 4. The first kappa shape index (κ1) is 15.2. The Labute approximate surface area is 126 Å². The average molecular weight is 304 g/mol. The summed E-state index contributed by atoms with van der Waals surface area (Å²) in [4.78, 5) is 27.2. The topological polar surface area (TPSA) is 79.3 Å². The highest BCUT2D eigenvalue weighted by molar-refractivity contribution is 7.13. The van der Waals surface area contributed by atoms with E-state index in [0.717, 1.165) is 10.6 Å². The lowest BCUT2D eigenvalue weighted by Gasteiger charge is -2.16. The third kappa shape index (κ3) is 3.66. The Hall–Kier alpha value is -2.21. The van der Waals surface area contributed by atoms with Gasteiger partial charge in [0.15, 0.2) is 0 Å². The Kier molecular flexibility index (Phi) is 4.70. The van der Waals surface area contributed by atoms with Crippen LogP contribution in [0.4, 0.5) is 0 Å². The quantitative estimate of drug-likeness (QED) is 0.890. The van der Waals surface area contributed by atoms with Gasteiger partial charge in [0.25, 0.3) is 5.91 Å². The Balaban J connectivity index is 2.08. The molecular formula is C15H16N2O3S. The molecule has 0 saturated heterocycles. The molecule has 2 aromatic rings. The van der Waals surface area contributed by atoms with Gasteiger partial charge in [-0.15, -0.1) is 11.3 Å². The summed E-state index contributed by atoms with van der Waals surface area (Å²) < 4.78 is 0. The van der Waals surface area contributed by atoms with Gasteiger partial charge in [0.2, 0.25) is 0 Å². The molecule has 1 aromatic carbocycles. The van der Waals surface area contributed by atoms with Gasteiger partial charge in [-0.25, -0.2) is 4.98 Å². The van der Waals surface area contributed by atoms with Gasteiger partial charge in [0.05, 0.1) is 5.92 Å². The molecule has 110 valence electrons. The van der Waals surface area contributed by atoms with E-state index in [1.165, 1.54) is 11.3 Å². The second kappa shape index (κ2) is 6.49. The number of carboxylic acid groups (broad SMARTS) is 1. The van der Waals surface area contributed by atoms with Crippen LogP contribution < -0.4 is 5.32 Å². The van der Waals surface area contributed by atoms with Crippen LogP contribution >= 0.6 is 11.3 Å². The third-order valence-corrected chi connectivity index (χ3v) is 4.15. The molecular weight excluding hydrogens is 288 g/mol. The number of hydrogen-bond donors (Lipinski definition) is 2. The molecule has 0 spiro atoms. The fourth-order valence-electron chi connectivity index (χ4n) is 1.71. The number of thiazole rings is 1. The number of nitrogens with zero attached hydrogens (tertiary/aromatic N) is 1. The minimum absolute atomic E-state index is 0.309. The molecule has 2 rings (SSSR count). The molecule has 0 fully saturated rings. The van der Waals surface area contributed by atoms with Crippen molar-refractivity contribution in [1.82, 2.24) is 10.3 Å². The summed E-state index contributed by atoms with van der Waals surface area (Å²) in [6.07, 6.45) is 0. The molecule has 6 heteroatoms. The normalized spacial score (nSPS) is 13.4. The largest absolute Gasteiger partial charge is 0.481 e. The minimum Gasteiger partial charge on any atom is -0.481 e. The number of carbonyl (C=O) groups excluding carboxylic acids is 1. The van der Waals surface area contributed by atoms with Crippen LogP contribution in [0.15, 0.2) is 35.7 Å². The molecule has 2 atom stereocenters. The van der Waals surface area contributed by atoms with Gasteiger partial charge < -0.3 is 10.4 Å². The molecule has 5 nitrogen and oxygen atoms in total. The van der Waals surface area contributed by atoms with Crippen molar-refractivity contribution < 1.29 is 14.7 Å². The summed E-state index contributed by atoms with van der Waals surface area (Å²) in [5, 5.41) is 14.0. The molecule has 21 heavy (non-hydrogen) atoms. The molecule has 1 aromatic heterocycles. The number of carboxylic acids is 1. The standard InChI is InChI=1S/C15H16N2O3S/c1-9(15(19)20)10(2)16-13(18)12-8-21-14(17-12)11-6-4-3-5-7-11/h3-10H,1-2H3,(H,16,18)(H,19,20). The third-order valence-electron chi connectivity index (χ3n) is 3.26. The number of rotatable bonds is 5. The van der Waals surface area contributed by atoms with E-state index in [0.29, 0.717) is 5.69 Å². The highest BCUT2D eigenvalue weighted by Gasteiger charge is 2.22. The zero-order chi connectivity index (χ0) is 15.4. The molecule has 2 N–H and O–H groups in total. The maximum Gasteiger partial charge on any atom is 0.308 e. The van der Waals surface area contributed by atoms with Crippen molar-refractivity contribution in [3.63, 3.8) is 0 Å². The van der Waals surface area contributed by atoms with E-state index in [2.05, 4.69) is 10.3 Å². The van der Waals surface area contributed by atoms with Crippen LogP contribution in [-0.4, -0.2) is 28.0 Å². The van der Waals surface area contributed by atoms with Crippen molar-refractivity contribution in [3.05, 3.63) is 41.4 Å². The van der Waals surface area contributed by atoms with Crippen LogP contribution in [0.5, 0.6) is 0 Å². The maximum absolute atomic E-state index is 12.1. The second-order valence-electron chi connectivity index (χ2n) is 4.79. The number of carbonyl (C=O) groups is 2. The number of aliphatic carboxylic acids is 1. The van der Waals surface area contributed by atoms with Crippen molar-refractivity contribution in [2.24, 2.45) is 5.92 Å². The zero-order valence-corrected chi connectivity index (χ0v) is 12.6. The summed E-state index contributed by atoms with van der Waals surface area (Å²) in [6.45, 7) is 3.23. The number of nitrogens with one attached hydrogen (secondary N) is 1. The summed E-state index contributed by atoms with van der Waals surface area (Å²) >= 11 is 1.38. The Bertz CT molecular complexity index is 639. The van der Waals surface area contributed by atoms with E-state index < -0.39 is 17.9 Å².